The molecule has 3 aromatic carbocycles. The molecule has 1 aromatic heterocycles. The van der Waals surface area contributed by atoms with E-state index < -0.39 is 9.84 Å². The van der Waals surface area contributed by atoms with Crippen LogP contribution in [-0.4, -0.2) is 25.1 Å². The molecule has 1 N–H and O–H groups in total. The summed E-state index contributed by atoms with van der Waals surface area (Å²) in [5.41, 5.74) is 5.04. The number of aromatic nitrogens is 1. The van der Waals surface area contributed by atoms with Gasteiger partial charge in [-0.25, -0.2) is 13.4 Å². The molecular weight excluding hydrogens is 452 g/mol. The third-order valence-electron chi connectivity index (χ3n) is 5.24. The van der Waals surface area contributed by atoms with Crippen molar-refractivity contribution in [1.82, 2.24) is 4.98 Å². The monoisotopic (exact) mass is 476 g/mol. The SMILES string of the molecule is Cc1ccc(S(=O)(=O)CCCC(=O)Nc2nc(-c3ccc(-c4ccccc4)cc3)cs2)cc1. The summed E-state index contributed by atoms with van der Waals surface area (Å²) in [5, 5.41) is 5.18. The molecule has 7 heteroatoms. The van der Waals surface area contributed by atoms with Gasteiger partial charge in [0.1, 0.15) is 0 Å². The molecule has 0 radical (unpaired) electrons. The van der Waals surface area contributed by atoms with Gasteiger partial charge in [-0.3, -0.25) is 4.79 Å². The van der Waals surface area contributed by atoms with E-state index in [4.69, 9.17) is 0 Å². The number of aryl methyl sites for hydroxylation is 1. The van der Waals surface area contributed by atoms with E-state index in [2.05, 4.69) is 34.6 Å². The van der Waals surface area contributed by atoms with Crippen LogP contribution in [0.1, 0.15) is 18.4 Å². The minimum absolute atomic E-state index is 0.0691. The number of carbonyl (C=O) groups is 1. The van der Waals surface area contributed by atoms with Gasteiger partial charge in [-0.05, 0) is 36.6 Å². The molecule has 0 unspecified atom stereocenters. The van der Waals surface area contributed by atoms with Crippen LogP contribution in [0.15, 0.2) is 89.1 Å². The van der Waals surface area contributed by atoms with Crippen molar-refractivity contribution in [2.24, 2.45) is 0 Å². The Morgan fingerprint density at radius 2 is 1.52 bits per heavy atom. The second kappa shape index (κ2) is 10.1. The molecule has 5 nitrogen and oxygen atoms in total. The van der Waals surface area contributed by atoms with Crippen molar-refractivity contribution >= 4 is 32.2 Å². The van der Waals surface area contributed by atoms with Crippen molar-refractivity contribution < 1.29 is 13.2 Å². The topological polar surface area (TPSA) is 76.1 Å². The first-order valence-corrected chi connectivity index (χ1v) is 13.1. The lowest BCUT2D eigenvalue weighted by Gasteiger charge is -2.05. The molecule has 0 aliphatic rings. The van der Waals surface area contributed by atoms with Gasteiger partial charge in [0.05, 0.1) is 16.3 Å². The largest absolute Gasteiger partial charge is 0.302 e. The predicted octanol–water partition coefficient (Wildman–Crippen LogP) is 5.98. The van der Waals surface area contributed by atoms with Gasteiger partial charge in [0.25, 0.3) is 0 Å². The number of benzene rings is 3. The summed E-state index contributed by atoms with van der Waals surface area (Å²) < 4.78 is 24.8. The fourth-order valence-electron chi connectivity index (χ4n) is 3.40. The van der Waals surface area contributed by atoms with Gasteiger partial charge in [0, 0.05) is 17.4 Å². The fourth-order valence-corrected chi connectivity index (χ4v) is 5.44. The van der Waals surface area contributed by atoms with E-state index >= 15 is 0 Å². The molecule has 4 rings (SSSR count). The van der Waals surface area contributed by atoms with Crippen LogP contribution in [0.4, 0.5) is 5.13 Å². The van der Waals surface area contributed by atoms with Gasteiger partial charge in [0.2, 0.25) is 5.91 Å². The highest BCUT2D eigenvalue weighted by molar-refractivity contribution is 7.91. The third-order valence-corrected chi connectivity index (χ3v) is 7.81. The van der Waals surface area contributed by atoms with Crippen molar-refractivity contribution in [3.63, 3.8) is 0 Å². The molecule has 0 bridgehead atoms. The van der Waals surface area contributed by atoms with Crippen LogP contribution >= 0.6 is 11.3 Å². The molecule has 0 atom stereocenters. The summed E-state index contributed by atoms with van der Waals surface area (Å²) in [6, 6.07) is 25.0. The van der Waals surface area contributed by atoms with Gasteiger partial charge in [-0.2, -0.15) is 0 Å². The molecule has 33 heavy (non-hydrogen) atoms. The zero-order valence-corrected chi connectivity index (χ0v) is 19.8. The Morgan fingerprint density at radius 1 is 0.879 bits per heavy atom. The summed E-state index contributed by atoms with van der Waals surface area (Å²) in [5.74, 6) is -0.310. The second-order valence-electron chi connectivity index (χ2n) is 7.76. The average Bonchev–Trinajstić information content (AvgIpc) is 3.28. The fraction of sp³-hybridized carbons (Fsp3) is 0.154. The van der Waals surface area contributed by atoms with Gasteiger partial charge in [-0.1, -0.05) is 72.3 Å². The highest BCUT2D eigenvalue weighted by atomic mass is 32.2. The summed E-state index contributed by atoms with van der Waals surface area (Å²) in [6.07, 6.45) is 0.368. The van der Waals surface area contributed by atoms with Crippen LogP contribution in [0.5, 0.6) is 0 Å². The first-order chi connectivity index (χ1) is 15.9. The normalized spacial score (nSPS) is 11.3. The molecule has 0 aliphatic carbocycles. The van der Waals surface area contributed by atoms with Gasteiger partial charge in [0.15, 0.2) is 15.0 Å². The Labute approximate surface area is 198 Å². The number of nitrogens with zero attached hydrogens (tertiary/aromatic N) is 1. The van der Waals surface area contributed by atoms with Crippen molar-refractivity contribution in [3.8, 4) is 22.4 Å². The Kier molecular flexibility index (Phi) is 7.01. The summed E-state index contributed by atoms with van der Waals surface area (Å²) in [7, 11) is -3.39. The lowest BCUT2D eigenvalue weighted by molar-refractivity contribution is -0.116. The van der Waals surface area contributed by atoms with E-state index in [9.17, 15) is 13.2 Å². The number of thiazole rings is 1. The van der Waals surface area contributed by atoms with Crippen LogP contribution in [0, 0.1) is 6.92 Å². The molecule has 168 valence electrons. The van der Waals surface area contributed by atoms with E-state index in [0.29, 0.717) is 5.13 Å². The van der Waals surface area contributed by atoms with E-state index in [0.717, 1.165) is 27.9 Å². The van der Waals surface area contributed by atoms with Crippen LogP contribution < -0.4 is 5.32 Å². The average molecular weight is 477 g/mol. The molecule has 0 saturated carbocycles. The van der Waals surface area contributed by atoms with Crippen molar-refractivity contribution in [2.45, 2.75) is 24.7 Å². The Balaban J connectivity index is 1.31. The molecule has 0 spiro atoms. The number of rotatable bonds is 8. The van der Waals surface area contributed by atoms with Crippen LogP contribution in [0.3, 0.4) is 0 Å². The molecule has 1 heterocycles. The summed E-state index contributed by atoms with van der Waals surface area (Å²) in [6.45, 7) is 1.91. The molecule has 0 fully saturated rings. The quantitative estimate of drug-likeness (QED) is 0.339. The minimum Gasteiger partial charge on any atom is -0.302 e. The zero-order chi connectivity index (χ0) is 23.3. The number of anilines is 1. The number of nitrogens with one attached hydrogen (secondary N) is 1. The van der Waals surface area contributed by atoms with E-state index in [1.807, 2.05) is 42.6 Å². The number of hydrogen-bond acceptors (Lipinski definition) is 5. The van der Waals surface area contributed by atoms with Gasteiger partial charge < -0.3 is 5.32 Å². The lowest BCUT2D eigenvalue weighted by atomic mass is 10.0. The minimum atomic E-state index is -3.39. The maximum Gasteiger partial charge on any atom is 0.226 e. The van der Waals surface area contributed by atoms with E-state index in [1.54, 1.807) is 24.3 Å². The predicted molar refractivity (Wildman–Crippen MR) is 134 cm³/mol. The molecule has 0 saturated heterocycles. The van der Waals surface area contributed by atoms with Crippen LogP contribution in [-0.2, 0) is 14.6 Å². The molecule has 1 amide bonds. The lowest BCUT2D eigenvalue weighted by Crippen LogP contribution is -2.14. The molecular formula is C26H24N2O3S2. The number of carbonyl (C=O) groups excluding carboxylic acids is 1. The van der Waals surface area contributed by atoms with Crippen molar-refractivity contribution in [1.29, 1.82) is 0 Å². The smallest absolute Gasteiger partial charge is 0.226 e. The van der Waals surface area contributed by atoms with Crippen LogP contribution in [0.25, 0.3) is 22.4 Å². The molecule has 4 aromatic rings. The van der Waals surface area contributed by atoms with Crippen molar-refractivity contribution in [2.75, 3.05) is 11.1 Å². The first kappa shape index (κ1) is 22.9. The number of amides is 1. The second-order valence-corrected chi connectivity index (χ2v) is 10.7. The maximum absolute atomic E-state index is 12.4. The highest BCUT2D eigenvalue weighted by Crippen LogP contribution is 2.27. The Hall–Kier alpha value is -3.29. The molecule has 0 aliphatic heterocycles. The van der Waals surface area contributed by atoms with E-state index in [-0.39, 0.29) is 29.4 Å². The Morgan fingerprint density at radius 3 is 2.21 bits per heavy atom. The first-order valence-electron chi connectivity index (χ1n) is 10.6. The van der Waals surface area contributed by atoms with Gasteiger partial charge in [-0.15, -0.1) is 11.3 Å². The summed E-state index contributed by atoms with van der Waals surface area (Å²) >= 11 is 1.35. The standard InChI is InChI=1S/C26H24N2O3S2/c1-19-9-15-23(16-10-19)33(30,31)17-5-8-25(29)28-26-27-24(18-32-26)22-13-11-21(12-14-22)20-6-3-2-4-7-20/h2-4,6-7,9-16,18H,5,8,17H2,1H3,(H,27,28,29). The van der Waals surface area contributed by atoms with Gasteiger partial charge >= 0.3 is 0 Å². The van der Waals surface area contributed by atoms with E-state index in [1.165, 1.54) is 11.3 Å². The Bertz CT molecular complexity index is 1330. The summed E-state index contributed by atoms with van der Waals surface area (Å²) in [4.78, 5) is 17.1. The third kappa shape index (κ3) is 5.94. The highest BCUT2D eigenvalue weighted by Gasteiger charge is 2.15. The number of hydrogen-bond donors (Lipinski definition) is 1. The maximum atomic E-state index is 12.4. The van der Waals surface area contributed by atoms with Crippen LogP contribution in [0.2, 0.25) is 0 Å². The zero-order valence-electron chi connectivity index (χ0n) is 18.2. The number of sulfone groups is 1. The van der Waals surface area contributed by atoms with Crippen molar-refractivity contribution in [3.05, 3.63) is 89.8 Å².